The van der Waals surface area contributed by atoms with Crippen molar-refractivity contribution in [2.24, 2.45) is 5.92 Å². The van der Waals surface area contributed by atoms with Crippen LogP contribution in [0.5, 0.6) is 0 Å². The molecular formula is C16H25N3O2. The summed E-state index contributed by atoms with van der Waals surface area (Å²) in [6.07, 6.45) is 5.60. The molecule has 1 aromatic heterocycles. The van der Waals surface area contributed by atoms with Crippen molar-refractivity contribution in [3.05, 3.63) is 23.9 Å². The number of nitrogens with zero attached hydrogens (tertiary/aromatic N) is 2. The molecule has 0 radical (unpaired) electrons. The fourth-order valence-electron chi connectivity index (χ4n) is 2.76. The summed E-state index contributed by atoms with van der Waals surface area (Å²) in [6, 6.07) is 3.60. The normalized spacial score (nSPS) is 18.6. The Kier molecular flexibility index (Phi) is 5.99. The average Bonchev–Trinajstić information content (AvgIpc) is 2.53. The summed E-state index contributed by atoms with van der Waals surface area (Å²) < 4.78 is 0. The van der Waals surface area contributed by atoms with Crippen molar-refractivity contribution in [1.29, 1.82) is 0 Å². The van der Waals surface area contributed by atoms with Gasteiger partial charge in [0.05, 0.1) is 0 Å². The third-order valence-electron chi connectivity index (χ3n) is 3.91. The quantitative estimate of drug-likeness (QED) is 0.843. The molecule has 1 saturated heterocycles. The molecule has 0 bridgehead atoms. The molecule has 2 rings (SSSR count). The van der Waals surface area contributed by atoms with Crippen molar-refractivity contribution in [1.82, 2.24) is 9.88 Å². The molecule has 2 heterocycles. The highest BCUT2D eigenvalue weighted by atomic mass is 16.3. The minimum absolute atomic E-state index is 0.0691. The standard InChI is InChI=1S/C16H25N3O2/c1-2-7-17-15-11-14(5-8-18-15)16(21)19-9-3-4-13(12-19)6-10-20/h5,8,11,13,20H,2-4,6-7,9-10,12H2,1H3,(H,17,18). The van der Waals surface area contributed by atoms with E-state index in [4.69, 9.17) is 5.11 Å². The van der Waals surface area contributed by atoms with Gasteiger partial charge in [-0.05, 0) is 43.7 Å². The number of carbonyl (C=O) groups is 1. The predicted octanol–water partition coefficient (Wildman–Crippen LogP) is 2.14. The molecule has 116 valence electrons. The summed E-state index contributed by atoms with van der Waals surface area (Å²) in [5, 5.41) is 12.3. The molecule has 0 aliphatic carbocycles. The second-order valence-corrected chi connectivity index (χ2v) is 5.63. The third kappa shape index (κ3) is 4.43. The number of piperidine rings is 1. The first-order valence-electron chi connectivity index (χ1n) is 7.84. The minimum atomic E-state index is 0.0691. The molecule has 0 saturated carbocycles. The van der Waals surface area contributed by atoms with Crippen molar-refractivity contribution >= 4 is 11.7 Å². The first-order valence-corrected chi connectivity index (χ1v) is 7.84. The van der Waals surface area contributed by atoms with Crippen LogP contribution < -0.4 is 5.32 Å². The van der Waals surface area contributed by atoms with E-state index in [0.29, 0.717) is 11.5 Å². The second-order valence-electron chi connectivity index (χ2n) is 5.63. The lowest BCUT2D eigenvalue weighted by atomic mass is 9.95. The molecule has 0 spiro atoms. The zero-order valence-electron chi connectivity index (χ0n) is 12.7. The summed E-state index contributed by atoms with van der Waals surface area (Å²) >= 11 is 0. The van der Waals surface area contributed by atoms with E-state index in [1.807, 2.05) is 11.0 Å². The monoisotopic (exact) mass is 291 g/mol. The summed E-state index contributed by atoms with van der Waals surface area (Å²) in [5.41, 5.74) is 0.688. The molecule has 1 amide bonds. The van der Waals surface area contributed by atoms with Gasteiger partial charge < -0.3 is 15.3 Å². The van der Waals surface area contributed by atoms with Gasteiger partial charge in [-0.3, -0.25) is 4.79 Å². The van der Waals surface area contributed by atoms with Gasteiger partial charge in [-0.2, -0.15) is 0 Å². The second kappa shape index (κ2) is 7.98. The van der Waals surface area contributed by atoms with Crippen LogP contribution in [-0.2, 0) is 0 Å². The van der Waals surface area contributed by atoms with Gasteiger partial charge >= 0.3 is 0 Å². The highest BCUT2D eigenvalue weighted by molar-refractivity contribution is 5.94. The fraction of sp³-hybridized carbons (Fsp3) is 0.625. The number of nitrogens with one attached hydrogen (secondary N) is 1. The molecule has 1 atom stereocenters. The van der Waals surface area contributed by atoms with Crippen molar-refractivity contribution < 1.29 is 9.90 Å². The maximum absolute atomic E-state index is 12.6. The number of anilines is 1. The maximum atomic E-state index is 12.6. The maximum Gasteiger partial charge on any atom is 0.254 e. The van der Waals surface area contributed by atoms with E-state index in [1.165, 1.54) is 0 Å². The number of hydrogen-bond acceptors (Lipinski definition) is 4. The van der Waals surface area contributed by atoms with E-state index in [2.05, 4.69) is 17.2 Å². The first-order chi connectivity index (χ1) is 10.2. The Bertz CT molecular complexity index is 463. The zero-order valence-corrected chi connectivity index (χ0v) is 12.7. The first kappa shape index (κ1) is 15.8. The number of aliphatic hydroxyl groups excluding tert-OH is 1. The Morgan fingerprint density at radius 1 is 1.57 bits per heavy atom. The molecule has 5 heteroatoms. The van der Waals surface area contributed by atoms with Crippen LogP contribution in [-0.4, -0.2) is 47.1 Å². The summed E-state index contributed by atoms with van der Waals surface area (Å²) in [4.78, 5) is 18.7. The molecule has 2 N–H and O–H groups in total. The lowest BCUT2D eigenvalue weighted by Crippen LogP contribution is -2.40. The van der Waals surface area contributed by atoms with E-state index in [-0.39, 0.29) is 12.5 Å². The summed E-state index contributed by atoms with van der Waals surface area (Å²) in [7, 11) is 0. The van der Waals surface area contributed by atoms with Crippen LogP contribution >= 0.6 is 0 Å². The van der Waals surface area contributed by atoms with Gasteiger partial charge in [0.2, 0.25) is 0 Å². The molecular weight excluding hydrogens is 266 g/mol. The lowest BCUT2D eigenvalue weighted by Gasteiger charge is -2.32. The predicted molar refractivity (Wildman–Crippen MR) is 83.3 cm³/mol. The zero-order chi connectivity index (χ0) is 15.1. The molecule has 21 heavy (non-hydrogen) atoms. The number of aromatic nitrogens is 1. The molecule has 1 fully saturated rings. The van der Waals surface area contributed by atoms with E-state index in [9.17, 15) is 4.79 Å². The Morgan fingerprint density at radius 2 is 2.43 bits per heavy atom. The van der Waals surface area contributed by atoms with Crippen LogP contribution in [0.25, 0.3) is 0 Å². The van der Waals surface area contributed by atoms with Gasteiger partial charge in [0, 0.05) is 38.0 Å². The Labute approximate surface area is 126 Å². The van der Waals surface area contributed by atoms with Crippen molar-refractivity contribution in [2.75, 3.05) is 31.6 Å². The van der Waals surface area contributed by atoms with Crippen LogP contribution in [0, 0.1) is 5.92 Å². The number of likely N-dealkylation sites (tertiary alicyclic amines) is 1. The SMILES string of the molecule is CCCNc1cc(C(=O)N2CCCC(CCO)C2)ccn1. The summed E-state index contributed by atoms with van der Waals surface area (Å²) in [5.74, 6) is 1.25. The number of pyridine rings is 1. The van der Waals surface area contributed by atoms with Crippen molar-refractivity contribution in [3.63, 3.8) is 0 Å². The topological polar surface area (TPSA) is 65.5 Å². The average molecular weight is 291 g/mol. The van der Waals surface area contributed by atoms with Gasteiger partial charge in [0.1, 0.15) is 5.82 Å². The van der Waals surface area contributed by atoms with Crippen LogP contribution in [0.2, 0.25) is 0 Å². The van der Waals surface area contributed by atoms with Gasteiger partial charge in [0.15, 0.2) is 0 Å². The molecule has 1 aliphatic heterocycles. The van der Waals surface area contributed by atoms with Crippen LogP contribution in [0.1, 0.15) is 43.0 Å². The highest BCUT2D eigenvalue weighted by Crippen LogP contribution is 2.21. The third-order valence-corrected chi connectivity index (χ3v) is 3.91. The number of rotatable bonds is 6. The van der Waals surface area contributed by atoms with Crippen LogP contribution in [0.4, 0.5) is 5.82 Å². The molecule has 5 nitrogen and oxygen atoms in total. The largest absolute Gasteiger partial charge is 0.396 e. The Balaban J connectivity index is 2.01. The minimum Gasteiger partial charge on any atom is -0.396 e. The van der Waals surface area contributed by atoms with Gasteiger partial charge in [-0.25, -0.2) is 4.98 Å². The van der Waals surface area contributed by atoms with Gasteiger partial charge in [0.25, 0.3) is 5.91 Å². The van der Waals surface area contributed by atoms with Crippen LogP contribution in [0.15, 0.2) is 18.3 Å². The Morgan fingerprint density at radius 3 is 3.19 bits per heavy atom. The van der Waals surface area contributed by atoms with Crippen LogP contribution in [0.3, 0.4) is 0 Å². The van der Waals surface area contributed by atoms with Gasteiger partial charge in [-0.15, -0.1) is 0 Å². The van der Waals surface area contributed by atoms with Crippen molar-refractivity contribution in [3.8, 4) is 0 Å². The van der Waals surface area contributed by atoms with E-state index in [0.717, 1.165) is 51.1 Å². The van der Waals surface area contributed by atoms with E-state index >= 15 is 0 Å². The molecule has 0 aromatic carbocycles. The lowest BCUT2D eigenvalue weighted by molar-refractivity contribution is 0.0653. The molecule has 1 aromatic rings. The Hall–Kier alpha value is -1.62. The number of carbonyl (C=O) groups excluding carboxylic acids is 1. The smallest absolute Gasteiger partial charge is 0.254 e. The molecule has 1 aliphatic rings. The van der Waals surface area contributed by atoms with Crippen molar-refractivity contribution in [2.45, 2.75) is 32.6 Å². The van der Waals surface area contributed by atoms with E-state index < -0.39 is 0 Å². The van der Waals surface area contributed by atoms with Gasteiger partial charge in [-0.1, -0.05) is 6.92 Å². The number of hydrogen-bond donors (Lipinski definition) is 2. The van der Waals surface area contributed by atoms with E-state index in [1.54, 1.807) is 12.3 Å². The fourth-order valence-corrected chi connectivity index (χ4v) is 2.76. The summed E-state index contributed by atoms with van der Waals surface area (Å²) in [6.45, 7) is 4.71. The number of aliphatic hydroxyl groups is 1. The molecule has 1 unspecified atom stereocenters. The highest BCUT2D eigenvalue weighted by Gasteiger charge is 2.24. The number of amides is 1.